The van der Waals surface area contributed by atoms with Gasteiger partial charge in [0.05, 0.1) is 4.91 Å². The zero-order chi connectivity index (χ0) is 23.0. The second kappa shape index (κ2) is 8.47. The molecule has 0 bridgehead atoms. The molecule has 2 heterocycles. The molecule has 1 fully saturated rings. The Kier molecular flexibility index (Phi) is 5.49. The van der Waals surface area contributed by atoms with Crippen LogP contribution in [-0.2, 0) is 14.8 Å². The third-order valence-corrected chi connectivity index (χ3v) is 7.41. The lowest BCUT2D eigenvalue weighted by Crippen LogP contribution is -2.44. The summed E-state index contributed by atoms with van der Waals surface area (Å²) in [5.74, 6) is 0.994. The molecular formula is C23H15N3O4S3. The molecule has 0 saturated carbocycles. The zero-order valence-corrected chi connectivity index (χ0v) is 19.3. The Morgan fingerprint density at radius 2 is 1.70 bits per heavy atom. The van der Waals surface area contributed by atoms with Crippen molar-refractivity contribution in [1.29, 1.82) is 0 Å². The maximum atomic E-state index is 13.0. The molecule has 3 aromatic rings. The fraction of sp³-hybridized carbons (Fsp3) is 0. The maximum absolute atomic E-state index is 13.0. The number of thioether (sulfide) groups is 1. The van der Waals surface area contributed by atoms with E-state index in [1.165, 1.54) is 6.07 Å². The summed E-state index contributed by atoms with van der Waals surface area (Å²) < 4.78 is 34.4. The molecule has 10 heteroatoms. The fourth-order valence-electron chi connectivity index (χ4n) is 3.30. The Labute approximate surface area is 199 Å². The molecule has 0 unspecified atom stereocenters. The molecule has 0 aliphatic carbocycles. The van der Waals surface area contributed by atoms with Gasteiger partial charge in [-0.1, -0.05) is 54.2 Å². The van der Waals surface area contributed by atoms with E-state index in [0.717, 1.165) is 22.3 Å². The summed E-state index contributed by atoms with van der Waals surface area (Å²) in [7, 11) is -3.82. The van der Waals surface area contributed by atoms with Gasteiger partial charge in [0.15, 0.2) is 10.2 Å². The number of amides is 1. The first kappa shape index (κ1) is 21.4. The molecule has 164 valence electrons. The van der Waals surface area contributed by atoms with Gasteiger partial charge in [0, 0.05) is 5.56 Å². The number of hydrogen-bond acceptors (Lipinski definition) is 7. The Hall–Kier alpha value is -3.47. The van der Waals surface area contributed by atoms with Gasteiger partial charge in [-0.25, -0.2) is 0 Å². The predicted octanol–water partition coefficient (Wildman–Crippen LogP) is 4.33. The van der Waals surface area contributed by atoms with Crippen molar-refractivity contribution < 1.29 is 17.9 Å². The third-order valence-electron chi connectivity index (χ3n) is 4.78. The average molecular weight is 494 g/mol. The van der Waals surface area contributed by atoms with E-state index in [4.69, 9.17) is 17.0 Å². The Morgan fingerprint density at radius 1 is 0.970 bits per heavy atom. The van der Waals surface area contributed by atoms with E-state index in [2.05, 4.69) is 9.82 Å². The van der Waals surface area contributed by atoms with Gasteiger partial charge in [-0.05, 0) is 60.3 Å². The number of thiocarbonyl (C=S) groups is 1. The van der Waals surface area contributed by atoms with E-state index in [0.29, 0.717) is 22.0 Å². The summed E-state index contributed by atoms with van der Waals surface area (Å²) in [6.45, 7) is 0. The monoisotopic (exact) mass is 493 g/mol. The number of ether oxygens (including phenoxy) is 1. The number of fused-ring (bicyclic) bond motifs is 1. The van der Waals surface area contributed by atoms with Crippen molar-refractivity contribution in [1.82, 2.24) is 10.4 Å². The van der Waals surface area contributed by atoms with Crippen LogP contribution >= 0.6 is 24.0 Å². The first-order valence-corrected chi connectivity index (χ1v) is 12.4. The van der Waals surface area contributed by atoms with Gasteiger partial charge < -0.3 is 4.74 Å². The Morgan fingerprint density at radius 3 is 2.52 bits per heavy atom. The van der Waals surface area contributed by atoms with E-state index >= 15 is 0 Å². The van der Waals surface area contributed by atoms with Crippen molar-refractivity contribution in [2.75, 3.05) is 0 Å². The van der Waals surface area contributed by atoms with E-state index < -0.39 is 15.9 Å². The normalized spacial score (nSPS) is 17.8. The van der Waals surface area contributed by atoms with Gasteiger partial charge in [0.1, 0.15) is 16.4 Å². The molecule has 33 heavy (non-hydrogen) atoms. The van der Waals surface area contributed by atoms with Crippen LogP contribution < -0.4 is 10.2 Å². The van der Waals surface area contributed by atoms with Crippen LogP contribution in [0, 0.1) is 0 Å². The fourth-order valence-corrected chi connectivity index (χ4v) is 5.65. The van der Waals surface area contributed by atoms with E-state index in [9.17, 15) is 13.2 Å². The SMILES string of the molecule is O=C1C(=Cc2cccc(Oc3ccccc3)c2)SC(=S)N1NC1=NS(=O)(=O)c2ccccc21. The summed E-state index contributed by atoms with van der Waals surface area (Å²) in [5.41, 5.74) is 3.93. The van der Waals surface area contributed by atoms with Crippen molar-refractivity contribution in [2.45, 2.75) is 4.90 Å². The minimum atomic E-state index is -3.82. The summed E-state index contributed by atoms with van der Waals surface area (Å²) >= 11 is 6.46. The Balaban J connectivity index is 1.37. The highest BCUT2D eigenvalue weighted by molar-refractivity contribution is 8.26. The predicted molar refractivity (Wildman–Crippen MR) is 131 cm³/mol. The van der Waals surface area contributed by atoms with Crippen LogP contribution in [-0.4, -0.2) is 29.5 Å². The summed E-state index contributed by atoms with van der Waals surface area (Å²) in [6.07, 6.45) is 1.71. The number of rotatable bonds is 4. The standard InChI is InChI=1S/C23H15N3O4S3/c27-22-19(14-15-7-6-10-17(13-15)30-16-8-2-1-3-9-16)32-23(31)26(22)24-21-18-11-4-5-12-20(18)33(28,29)25-21/h1-14H,(H,24,25). The number of sulfonamides is 1. The van der Waals surface area contributed by atoms with Crippen LogP contribution in [0.25, 0.3) is 6.08 Å². The molecule has 0 radical (unpaired) electrons. The van der Waals surface area contributed by atoms with E-state index in [1.54, 1.807) is 24.3 Å². The van der Waals surface area contributed by atoms with Gasteiger partial charge in [-0.2, -0.15) is 13.4 Å². The van der Waals surface area contributed by atoms with Crippen LogP contribution in [0.4, 0.5) is 0 Å². The summed E-state index contributed by atoms with van der Waals surface area (Å²) in [5, 5.41) is 1.13. The van der Waals surface area contributed by atoms with Crippen molar-refractivity contribution >= 4 is 56.1 Å². The zero-order valence-electron chi connectivity index (χ0n) is 16.8. The minimum absolute atomic E-state index is 0.0569. The maximum Gasteiger partial charge on any atom is 0.285 e. The van der Waals surface area contributed by atoms with Crippen molar-refractivity contribution in [2.24, 2.45) is 4.40 Å². The molecule has 2 aliphatic rings. The van der Waals surface area contributed by atoms with Gasteiger partial charge in [-0.3, -0.25) is 10.2 Å². The number of nitrogens with zero attached hydrogens (tertiary/aromatic N) is 2. The number of carbonyl (C=O) groups excluding carboxylic acids is 1. The smallest absolute Gasteiger partial charge is 0.285 e. The number of amidine groups is 1. The molecule has 0 aromatic heterocycles. The second-order valence-electron chi connectivity index (χ2n) is 7.03. The number of para-hydroxylation sites is 1. The van der Waals surface area contributed by atoms with Gasteiger partial charge >= 0.3 is 0 Å². The quantitative estimate of drug-likeness (QED) is 0.427. The third kappa shape index (κ3) is 4.28. The van der Waals surface area contributed by atoms with E-state index in [-0.39, 0.29) is 15.1 Å². The number of hydrogen-bond donors (Lipinski definition) is 1. The average Bonchev–Trinajstić information content (AvgIpc) is 3.22. The first-order chi connectivity index (χ1) is 15.9. The molecule has 1 saturated heterocycles. The molecule has 1 N–H and O–H groups in total. The van der Waals surface area contributed by atoms with Crippen molar-refractivity contribution in [3.8, 4) is 11.5 Å². The van der Waals surface area contributed by atoms with Crippen LogP contribution in [0.15, 0.2) is 93.1 Å². The summed E-state index contributed by atoms with van der Waals surface area (Å²) in [4.78, 5) is 13.5. The molecule has 1 amide bonds. The minimum Gasteiger partial charge on any atom is -0.457 e. The Bertz CT molecular complexity index is 1450. The van der Waals surface area contributed by atoms with Crippen LogP contribution in [0.2, 0.25) is 0 Å². The van der Waals surface area contributed by atoms with Crippen molar-refractivity contribution in [3.63, 3.8) is 0 Å². The largest absolute Gasteiger partial charge is 0.457 e. The van der Waals surface area contributed by atoms with Gasteiger partial charge in [-0.15, -0.1) is 4.40 Å². The molecule has 7 nitrogen and oxygen atoms in total. The van der Waals surface area contributed by atoms with E-state index in [1.807, 2.05) is 54.6 Å². The number of hydrazine groups is 1. The molecule has 5 rings (SSSR count). The lowest BCUT2D eigenvalue weighted by molar-refractivity contribution is -0.123. The first-order valence-electron chi connectivity index (χ1n) is 9.73. The van der Waals surface area contributed by atoms with Crippen LogP contribution in [0.1, 0.15) is 11.1 Å². The summed E-state index contributed by atoms with van der Waals surface area (Å²) in [6, 6.07) is 23.1. The highest BCUT2D eigenvalue weighted by Crippen LogP contribution is 2.33. The van der Waals surface area contributed by atoms with Crippen LogP contribution in [0.3, 0.4) is 0 Å². The number of nitrogens with one attached hydrogen (secondary N) is 1. The van der Waals surface area contributed by atoms with Crippen LogP contribution in [0.5, 0.6) is 11.5 Å². The highest BCUT2D eigenvalue weighted by atomic mass is 32.2. The molecule has 3 aromatic carbocycles. The number of benzene rings is 3. The molecular weight excluding hydrogens is 478 g/mol. The van der Waals surface area contributed by atoms with Gasteiger partial charge in [0.2, 0.25) is 0 Å². The lowest BCUT2D eigenvalue weighted by Gasteiger charge is -2.16. The highest BCUT2D eigenvalue weighted by Gasteiger charge is 2.36. The molecule has 0 spiro atoms. The lowest BCUT2D eigenvalue weighted by atomic mass is 10.2. The molecule has 0 atom stereocenters. The number of carbonyl (C=O) groups is 1. The second-order valence-corrected chi connectivity index (χ2v) is 10.3. The van der Waals surface area contributed by atoms with Gasteiger partial charge in [0.25, 0.3) is 15.9 Å². The topological polar surface area (TPSA) is 88.1 Å². The van der Waals surface area contributed by atoms with Crippen molar-refractivity contribution in [3.05, 3.63) is 94.9 Å². The molecule has 2 aliphatic heterocycles.